The van der Waals surface area contributed by atoms with Gasteiger partial charge in [-0.25, -0.2) is 30.9 Å². The smallest absolute Gasteiger partial charge is 0.329 e. The first-order valence-corrected chi connectivity index (χ1v) is 14.6. The van der Waals surface area contributed by atoms with Gasteiger partial charge in [0.25, 0.3) is 11.5 Å². The lowest BCUT2D eigenvalue weighted by Crippen LogP contribution is -2.41. The van der Waals surface area contributed by atoms with Crippen LogP contribution in [0, 0.1) is 11.6 Å². The fourth-order valence-electron chi connectivity index (χ4n) is 5.25. The van der Waals surface area contributed by atoms with Gasteiger partial charge in [0.15, 0.2) is 11.6 Å². The Morgan fingerprint density at radius 2 is 1.77 bits per heavy atom. The molecule has 1 aliphatic carbocycles. The van der Waals surface area contributed by atoms with Gasteiger partial charge in [-0.15, -0.1) is 0 Å². The van der Waals surface area contributed by atoms with Crippen molar-refractivity contribution in [2.24, 2.45) is 0 Å². The fourth-order valence-corrected chi connectivity index (χ4v) is 7.10. The number of ether oxygens (including phenoxy) is 1. The Morgan fingerprint density at radius 3 is 2.47 bits per heavy atom. The Bertz CT molecular complexity index is 2070. The summed E-state index contributed by atoms with van der Waals surface area (Å²) in [5, 5.41) is 2.64. The highest BCUT2D eigenvalue weighted by atomic mass is 32.2. The third-order valence-electron chi connectivity index (χ3n) is 7.83. The number of pyridine rings is 1. The standard InChI is InChI=1S/C30H24F2N4O6S/c1-17-5-3-4-11-30(17,2)43(40,41)35-12-10-20-22(15-33-28(38)27(20)35)21-14-19(36-26(37)16-34-29(36)39)7-9-24(21)42-25-8-6-18(31)13-23(25)32/h3-10,12-15H,11,16H2,1-2H3,(H,33,38)(H,34,39). The number of amides is 3. The molecule has 1 saturated heterocycles. The van der Waals surface area contributed by atoms with E-state index in [1.54, 1.807) is 32.1 Å². The molecule has 43 heavy (non-hydrogen) atoms. The lowest BCUT2D eigenvalue weighted by Gasteiger charge is -2.31. The molecule has 1 aliphatic heterocycles. The van der Waals surface area contributed by atoms with Crippen molar-refractivity contribution < 1.29 is 31.5 Å². The minimum atomic E-state index is -4.16. The summed E-state index contributed by atoms with van der Waals surface area (Å²) >= 11 is 0. The number of carbonyl (C=O) groups is 2. The quantitative estimate of drug-likeness (QED) is 0.298. The molecule has 10 nitrogen and oxygen atoms in total. The van der Waals surface area contributed by atoms with Crippen molar-refractivity contribution in [1.29, 1.82) is 0 Å². The van der Waals surface area contributed by atoms with Crippen LogP contribution in [0.25, 0.3) is 22.0 Å². The van der Waals surface area contributed by atoms with Gasteiger partial charge in [-0.1, -0.05) is 23.8 Å². The molecule has 13 heteroatoms. The summed E-state index contributed by atoms with van der Waals surface area (Å²) in [4.78, 5) is 41.5. The van der Waals surface area contributed by atoms with E-state index < -0.39 is 43.9 Å². The maximum absolute atomic E-state index is 14.6. The first-order chi connectivity index (χ1) is 20.4. The predicted octanol–water partition coefficient (Wildman–Crippen LogP) is 4.97. The molecule has 1 atom stereocenters. The SMILES string of the molecule is CC1=CC=CCC1(C)S(=O)(=O)n1ccc2c(-c3cc(N4C(=O)CNC4=O)ccc3Oc3ccc(F)cc3F)c[nH]c(=O)c21. The number of nitrogens with zero attached hydrogens (tertiary/aromatic N) is 2. The molecule has 0 radical (unpaired) electrons. The normalized spacial score (nSPS) is 18.7. The summed E-state index contributed by atoms with van der Waals surface area (Å²) in [6.07, 6.45) is 8.04. The summed E-state index contributed by atoms with van der Waals surface area (Å²) in [6, 6.07) is 7.79. The van der Waals surface area contributed by atoms with Gasteiger partial charge >= 0.3 is 6.03 Å². The molecule has 3 amide bonds. The lowest BCUT2D eigenvalue weighted by molar-refractivity contribution is -0.115. The van der Waals surface area contributed by atoms with Gasteiger partial charge in [0.1, 0.15) is 21.8 Å². The van der Waals surface area contributed by atoms with E-state index in [0.29, 0.717) is 11.6 Å². The summed E-state index contributed by atoms with van der Waals surface area (Å²) in [7, 11) is -4.16. The topological polar surface area (TPSA) is 131 Å². The first kappa shape index (κ1) is 28.1. The minimum Gasteiger partial charge on any atom is -0.454 e. The highest BCUT2D eigenvalue weighted by Crippen LogP contribution is 2.41. The van der Waals surface area contributed by atoms with Gasteiger partial charge in [-0.05, 0) is 56.7 Å². The van der Waals surface area contributed by atoms with E-state index in [2.05, 4.69) is 10.3 Å². The third kappa shape index (κ3) is 4.43. The number of halogens is 2. The molecule has 220 valence electrons. The number of nitrogens with one attached hydrogen (secondary N) is 2. The van der Waals surface area contributed by atoms with Crippen molar-refractivity contribution in [3.05, 3.63) is 101 Å². The number of rotatable bonds is 6. The van der Waals surface area contributed by atoms with Gasteiger partial charge in [0.2, 0.25) is 10.0 Å². The molecular weight excluding hydrogens is 582 g/mol. The van der Waals surface area contributed by atoms with Crippen molar-refractivity contribution >= 4 is 38.6 Å². The number of fused-ring (bicyclic) bond motifs is 1. The van der Waals surface area contributed by atoms with Crippen molar-refractivity contribution in [1.82, 2.24) is 14.3 Å². The summed E-state index contributed by atoms with van der Waals surface area (Å²) < 4.78 is 61.6. The van der Waals surface area contributed by atoms with Crippen LogP contribution in [0.2, 0.25) is 0 Å². The van der Waals surface area contributed by atoms with Crippen LogP contribution < -0.4 is 20.5 Å². The van der Waals surface area contributed by atoms with E-state index in [1.165, 1.54) is 36.7 Å². The van der Waals surface area contributed by atoms with E-state index in [9.17, 15) is 31.6 Å². The zero-order valence-electron chi connectivity index (χ0n) is 22.9. The molecule has 1 fully saturated rings. The Labute approximate surface area is 243 Å². The maximum Gasteiger partial charge on any atom is 0.329 e. The van der Waals surface area contributed by atoms with Gasteiger partial charge in [-0.2, -0.15) is 0 Å². The van der Waals surface area contributed by atoms with Crippen LogP contribution in [-0.2, 0) is 14.8 Å². The number of hydrogen-bond acceptors (Lipinski definition) is 6. The predicted molar refractivity (Wildman–Crippen MR) is 156 cm³/mol. The van der Waals surface area contributed by atoms with Gasteiger partial charge in [-0.3, -0.25) is 9.59 Å². The molecule has 2 aromatic heterocycles. The summed E-state index contributed by atoms with van der Waals surface area (Å²) in [6.45, 7) is 3.09. The van der Waals surface area contributed by atoms with Crippen LogP contribution in [0.4, 0.5) is 19.3 Å². The van der Waals surface area contributed by atoms with Crippen LogP contribution in [0.1, 0.15) is 20.3 Å². The number of urea groups is 1. The molecule has 2 aromatic carbocycles. The molecule has 1 unspecified atom stereocenters. The monoisotopic (exact) mass is 606 g/mol. The largest absolute Gasteiger partial charge is 0.454 e. The molecule has 3 heterocycles. The van der Waals surface area contributed by atoms with Crippen LogP contribution in [-0.4, -0.2) is 40.6 Å². The molecule has 6 rings (SSSR count). The summed E-state index contributed by atoms with van der Waals surface area (Å²) in [5.41, 5.74) is 0.351. The second kappa shape index (κ2) is 10.1. The zero-order chi connectivity index (χ0) is 30.7. The molecule has 2 N–H and O–H groups in total. The van der Waals surface area contributed by atoms with Crippen LogP contribution in [0.5, 0.6) is 11.5 Å². The van der Waals surface area contributed by atoms with E-state index >= 15 is 0 Å². The highest BCUT2D eigenvalue weighted by molar-refractivity contribution is 7.91. The van der Waals surface area contributed by atoms with Gasteiger partial charge in [0.05, 0.1) is 12.2 Å². The molecular formula is C30H24F2N4O6S. The first-order valence-electron chi connectivity index (χ1n) is 13.1. The number of carbonyl (C=O) groups excluding carboxylic acids is 2. The molecule has 0 bridgehead atoms. The van der Waals surface area contributed by atoms with Crippen molar-refractivity contribution in [2.75, 3.05) is 11.4 Å². The number of imide groups is 1. The molecule has 4 aromatic rings. The summed E-state index contributed by atoms with van der Waals surface area (Å²) in [5.74, 6) is -2.60. The number of allylic oxidation sites excluding steroid dienone is 3. The van der Waals surface area contributed by atoms with Gasteiger partial charge < -0.3 is 15.0 Å². The molecule has 2 aliphatic rings. The van der Waals surface area contributed by atoms with E-state index in [-0.39, 0.29) is 52.2 Å². The Kier molecular flexibility index (Phi) is 6.57. The number of anilines is 1. The maximum atomic E-state index is 14.6. The Morgan fingerprint density at radius 1 is 1.00 bits per heavy atom. The minimum absolute atomic E-state index is 0.0217. The highest BCUT2D eigenvalue weighted by Gasteiger charge is 2.43. The van der Waals surface area contributed by atoms with Crippen molar-refractivity contribution in [3.63, 3.8) is 0 Å². The second-order valence-corrected chi connectivity index (χ2v) is 12.6. The number of hydrogen-bond donors (Lipinski definition) is 2. The van der Waals surface area contributed by atoms with E-state index in [0.717, 1.165) is 21.0 Å². The van der Waals surface area contributed by atoms with Gasteiger partial charge in [0, 0.05) is 35.0 Å². The third-order valence-corrected chi connectivity index (χ3v) is 10.3. The number of aromatic nitrogens is 2. The van der Waals surface area contributed by atoms with Crippen LogP contribution in [0.3, 0.4) is 0 Å². The second-order valence-electron chi connectivity index (χ2n) is 10.4. The van der Waals surface area contributed by atoms with E-state index in [4.69, 9.17) is 4.74 Å². The molecule has 0 saturated carbocycles. The fraction of sp³-hybridized carbons (Fsp3) is 0.167. The Hall–Kier alpha value is -5.04. The van der Waals surface area contributed by atoms with Crippen LogP contribution >= 0.6 is 0 Å². The molecule has 0 spiro atoms. The van der Waals surface area contributed by atoms with E-state index in [1.807, 2.05) is 0 Å². The van der Waals surface area contributed by atoms with Crippen molar-refractivity contribution in [2.45, 2.75) is 25.0 Å². The zero-order valence-corrected chi connectivity index (χ0v) is 23.7. The lowest BCUT2D eigenvalue weighted by atomic mass is 9.94. The van der Waals surface area contributed by atoms with Crippen molar-refractivity contribution in [3.8, 4) is 22.6 Å². The average Bonchev–Trinajstić information content (AvgIpc) is 3.57. The average molecular weight is 607 g/mol. The number of H-pyrrole nitrogens is 1. The Balaban J connectivity index is 1.57. The number of benzene rings is 2. The number of aromatic amines is 1. The van der Waals surface area contributed by atoms with Crippen LogP contribution in [0.15, 0.2) is 83.5 Å².